The standard InChI is InChI=1S/C10H11Cl2N/c1-6-8(11)3-2-7-9(12)4-5-13-10(6)7/h2-3,9,13H,4-5H2,1H3. The lowest BCUT2D eigenvalue weighted by Crippen LogP contribution is -2.14. The van der Waals surface area contributed by atoms with Crippen molar-refractivity contribution in [2.45, 2.75) is 18.7 Å². The number of alkyl halides is 1. The Hall–Kier alpha value is -0.400. The van der Waals surface area contributed by atoms with Crippen LogP contribution < -0.4 is 5.32 Å². The van der Waals surface area contributed by atoms with Crippen molar-refractivity contribution >= 4 is 28.9 Å². The van der Waals surface area contributed by atoms with Gasteiger partial charge in [-0.05, 0) is 30.5 Å². The van der Waals surface area contributed by atoms with Crippen molar-refractivity contribution in [1.29, 1.82) is 0 Å². The number of benzene rings is 1. The van der Waals surface area contributed by atoms with Crippen LogP contribution in [0, 0.1) is 6.92 Å². The lowest BCUT2D eigenvalue weighted by Gasteiger charge is -2.24. The molecule has 1 aromatic carbocycles. The van der Waals surface area contributed by atoms with E-state index in [0.29, 0.717) is 0 Å². The first kappa shape index (κ1) is 9.17. The van der Waals surface area contributed by atoms with Crippen LogP contribution >= 0.6 is 23.2 Å². The second kappa shape index (κ2) is 3.39. The predicted octanol–water partition coefficient (Wildman–Crippen LogP) is 3.74. The normalized spacial score (nSPS) is 20.7. The summed E-state index contributed by atoms with van der Waals surface area (Å²) in [5, 5.41) is 4.27. The molecule has 2 rings (SSSR count). The summed E-state index contributed by atoms with van der Waals surface area (Å²) in [6.07, 6.45) is 0.982. The molecular formula is C10H11Cl2N. The van der Waals surface area contributed by atoms with Crippen molar-refractivity contribution in [2.75, 3.05) is 11.9 Å². The van der Waals surface area contributed by atoms with Gasteiger partial charge in [0.05, 0.1) is 5.38 Å². The van der Waals surface area contributed by atoms with Crippen molar-refractivity contribution in [3.05, 3.63) is 28.3 Å². The maximum Gasteiger partial charge on any atom is 0.0622 e. The summed E-state index contributed by atoms with van der Waals surface area (Å²) >= 11 is 12.2. The topological polar surface area (TPSA) is 12.0 Å². The van der Waals surface area contributed by atoms with Crippen LogP contribution in [0.25, 0.3) is 0 Å². The van der Waals surface area contributed by atoms with E-state index in [2.05, 4.69) is 5.32 Å². The van der Waals surface area contributed by atoms with Crippen molar-refractivity contribution in [1.82, 2.24) is 0 Å². The van der Waals surface area contributed by atoms with E-state index in [0.717, 1.165) is 29.2 Å². The van der Waals surface area contributed by atoms with E-state index in [4.69, 9.17) is 23.2 Å². The molecule has 1 aliphatic rings. The van der Waals surface area contributed by atoms with Crippen LogP contribution in [-0.4, -0.2) is 6.54 Å². The van der Waals surface area contributed by atoms with Crippen molar-refractivity contribution in [3.8, 4) is 0 Å². The zero-order valence-corrected chi connectivity index (χ0v) is 8.91. The van der Waals surface area contributed by atoms with Gasteiger partial charge in [0.25, 0.3) is 0 Å². The molecule has 1 aromatic rings. The van der Waals surface area contributed by atoms with Crippen LogP contribution in [0.3, 0.4) is 0 Å². The minimum Gasteiger partial charge on any atom is -0.384 e. The summed E-state index contributed by atoms with van der Waals surface area (Å²) in [6.45, 7) is 2.95. The van der Waals surface area contributed by atoms with E-state index in [1.807, 2.05) is 19.1 Å². The average Bonchev–Trinajstić information content (AvgIpc) is 2.12. The highest BCUT2D eigenvalue weighted by atomic mass is 35.5. The summed E-state index contributed by atoms with van der Waals surface area (Å²) in [5.74, 6) is 0. The highest BCUT2D eigenvalue weighted by Gasteiger charge is 2.19. The Morgan fingerprint density at radius 3 is 3.00 bits per heavy atom. The number of hydrogen-bond donors (Lipinski definition) is 1. The Labute approximate surface area is 88.0 Å². The van der Waals surface area contributed by atoms with Gasteiger partial charge < -0.3 is 5.32 Å². The lowest BCUT2D eigenvalue weighted by molar-refractivity contribution is 0.799. The zero-order chi connectivity index (χ0) is 9.42. The molecule has 0 amide bonds. The van der Waals surface area contributed by atoms with Gasteiger partial charge in [-0.3, -0.25) is 0 Å². The SMILES string of the molecule is Cc1c(Cl)ccc2c1NCCC2Cl. The molecule has 1 aliphatic heterocycles. The smallest absolute Gasteiger partial charge is 0.0622 e. The molecule has 13 heavy (non-hydrogen) atoms. The third-order valence-electron chi connectivity index (χ3n) is 2.47. The van der Waals surface area contributed by atoms with Crippen LogP contribution in [0.5, 0.6) is 0 Å². The van der Waals surface area contributed by atoms with E-state index in [1.165, 1.54) is 5.56 Å². The quantitative estimate of drug-likeness (QED) is 0.651. The molecule has 0 radical (unpaired) electrons. The van der Waals surface area contributed by atoms with Gasteiger partial charge in [-0.25, -0.2) is 0 Å². The van der Waals surface area contributed by atoms with Crippen LogP contribution in [0.15, 0.2) is 12.1 Å². The zero-order valence-electron chi connectivity index (χ0n) is 7.40. The largest absolute Gasteiger partial charge is 0.384 e. The average molecular weight is 216 g/mol. The van der Waals surface area contributed by atoms with Gasteiger partial charge in [-0.2, -0.15) is 0 Å². The molecule has 0 saturated carbocycles. The first-order chi connectivity index (χ1) is 6.20. The summed E-state index contributed by atoms with van der Waals surface area (Å²) in [6, 6.07) is 3.92. The fraction of sp³-hybridized carbons (Fsp3) is 0.400. The summed E-state index contributed by atoms with van der Waals surface area (Å²) in [7, 11) is 0. The minimum atomic E-state index is 0.132. The Kier molecular flexibility index (Phi) is 2.39. The molecule has 1 nitrogen and oxygen atoms in total. The maximum atomic E-state index is 6.19. The first-order valence-electron chi connectivity index (χ1n) is 4.37. The Morgan fingerprint density at radius 2 is 2.23 bits per heavy atom. The number of nitrogens with one attached hydrogen (secondary N) is 1. The molecule has 1 N–H and O–H groups in total. The molecule has 0 saturated heterocycles. The van der Waals surface area contributed by atoms with E-state index >= 15 is 0 Å². The van der Waals surface area contributed by atoms with Crippen molar-refractivity contribution in [2.24, 2.45) is 0 Å². The van der Waals surface area contributed by atoms with E-state index in [-0.39, 0.29) is 5.38 Å². The number of hydrogen-bond acceptors (Lipinski definition) is 1. The van der Waals surface area contributed by atoms with E-state index in [1.54, 1.807) is 0 Å². The summed E-state index contributed by atoms with van der Waals surface area (Å²) < 4.78 is 0. The summed E-state index contributed by atoms with van der Waals surface area (Å²) in [5.41, 5.74) is 3.40. The summed E-state index contributed by atoms with van der Waals surface area (Å²) in [4.78, 5) is 0. The van der Waals surface area contributed by atoms with Gasteiger partial charge in [0.15, 0.2) is 0 Å². The Bertz CT molecular complexity index is 336. The number of halogens is 2. The highest BCUT2D eigenvalue weighted by molar-refractivity contribution is 6.32. The second-order valence-electron chi connectivity index (χ2n) is 3.32. The molecule has 1 unspecified atom stereocenters. The molecular weight excluding hydrogens is 205 g/mol. The molecule has 1 heterocycles. The van der Waals surface area contributed by atoms with Crippen LogP contribution in [0.2, 0.25) is 5.02 Å². The first-order valence-corrected chi connectivity index (χ1v) is 5.18. The minimum absolute atomic E-state index is 0.132. The highest BCUT2D eigenvalue weighted by Crippen LogP contribution is 2.38. The van der Waals surface area contributed by atoms with E-state index in [9.17, 15) is 0 Å². The van der Waals surface area contributed by atoms with Crippen LogP contribution in [0.1, 0.15) is 22.9 Å². The van der Waals surface area contributed by atoms with Gasteiger partial charge in [0, 0.05) is 17.3 Å². The van der Waals surface area contributed by atoms with Crippen LogP contribution in [0.4, 0.5) is 5.69 Å². The molecule has 0 spiro atoms. The fourth-order valence-corrected chi connectivity index (χ4v) is 2.13. The van der Waals surface area contributed by atoms with Gasteiger partial charge in [-0.1, -0.05) is 17.7 Å². The number of fused-ring (bicyclic) bond motifs is 1. The molecule has 70 valence electrons. The Morgan fingerprint density at radius 1 is 1.46 bits per heavy atom. The van der Waals surface area contributed by atoms with Crippen LogP contribution in [-0.2, 0) is 0 Å². The fourth-order valence-electron chi connectivity index (χ4n) is 1.68. The van der Waals surface area contributed by atoms with Crippen molar-refractivity contribution in [3.63, 3.8) is 0 Å². The van der Waals surface area contributed by atoms with Crippen molar-refractivity contribution < 1.29 is 0 Å². The van der Waals surface area contributed by atoms with Gasteiger partial charge in [0.2, 0.25) is 0 Å². The lowest BCUT2D eigenvalue weighted by atomic mass is 10.00. The van der Waals surface area contributed by atoms with E-state index < -0.39 is 0 Å². The van der Waals surface area contributed by atoms with Gasteiger partial charge in [-0.15, -0.1) is 11.6 Å². The maximum absolute atomic E-state index is 6.19. The molecule has 3 heteroatoms. The Balaban J connectivity index is 2.56. The monoisotopic (exact) mass is 215 g/mol. The van der Waals surface area contributed by atoms with Gasteiger partial charge >= 0.3 is 0 Å². The second-order valence-corrected chi connectivity index (χ2v) is 4.25. The third-order valence-corrected chi connectivity index (χ3v) is 3.33. The number of rotatable bonds is 0. The third kappa shape index (κ3) is 1.51. The molecule has 0 bridgehead atoms. The molecule has 0 aromatic heterocycles. The predicted molar refractivity (Wildman–Crippen MR) is 57.9 cm³/mol. The molecule has 0 fully saturated rings. The number of anilines is 1. The molecule has 0 aliphatic carbocycles. The molecule has 1 atom stereocenters. The van der Waals surface area contributed by atoms with Gasteiger partial charge in [0.1, 0.15) is 0 Å².